The van der Waals surface area contributed by atoms with Gasteiger partial charge in [-0.2, -0.15) is 0 Å². The first kappa shape index (κ1) is 19.2. The summed E-state index contributed by atoms with van der Waals surface area (Å²) in [5.74, 6) is -0.321. The number of esters is 1. The van der Waals surface area contributed by atoms with Gasteiger partial charge in [0.15, 0.2) is 10.9 Å². The number of rotatable bonds is 7. The summed E-state index contributed by atoms with van der Waals surface area (Å²) in [5.41, 5.74) is 0.648. The van der Waals surface area contributed by atoms with Crippen LogP contribution >= 0.6 is 11.8 Å². The molecule has 6 nitrogen and oxygen atoms in total. The number of hydrogen-bond donors (Lipinski definition) is 0. The van der Waals surface area contributed by atoms with Crippen LogP contribution < -0.4 is 0 Å². The zero-order chi connectivity index (χ0) is 18.4. The van der Waals surface area contributed by atoms with Crippen molar-refractivity contribution in [3.63, 3.8) is 0 Å². The topological polar surface area (TPSA) is 70.4 Å². The molecule has 1 heterocycles. The van der Waals surface area contributed by atoms with Crippen molar-refractivity contribution in [3.05, 3.63) is 42.2 Å². The highest BCUT2D eigenvalue weighted by Gasteiger charge is 2.20. The van der Waals surface area contributed by atoms with Crippen LogP contribution in [0.25, 0.3) is 5.69 Å². The quantitative estimate of drug-likeness (QED) is 0.247. The number of benzene rings is 1. The maximum atomic E-state index is 12.4. The third-order valence-corrected chi connectivity index (χ3v) is 4.00. The summed E-state index contributed by atoms with van der Waals surface area (Å²) in [6, 6.07) is 7.09. The van der Waals surface area contributed by atoms with Gasteiger partial charge in [-0.05, 0) is 32.9 Å². The number of imidazole rings is 1. The van der Waals surface area contributed by atoms with Gasteiger partial charge in [0.25, 0.3) is 0 Å². The first-order valence-electron chi connectivity index (χ1n) is 7.81. The minimum atomic E-state index is -0.608. The Morgan fingerprint density at radius 1 is 1.28 bits per heavy atom. The van der Waals surface area contributed by atoms with Crippen molar-refractivity contribution in [3.8, 4) is 5.69 Å². The van der Waals surface area contributed by atoms with Crippen LogP contribution in [0.5, 0.6) is 0 Å². The van der Waals surface area contributed by atoms with E-state index in [2.05, 4.69) is 4.98 Å². The van der Waals surface area contributed by atoms with Gasteiger partial charge in [-0.3, -0.25) is 14.2 Å². The normalized spacial score (nSPS) is 11.4. The summed E-state index contributed by atoms with van der Waals surface area (Å²) in [5, 5.41) is 0.763. The lowest BCUT2D eigenvalue weighted by Crippen LogP contribution is -2.25. The predicted octanol–water partition coefficient (Wildman–Crippen LogP) is 3.48. The lowest BCUT2D eigenvalue weighted by atomic mass is 10.1. The van der Waals surface area contributed by atoms with Gasteiger partial charge in [0.05, 0.1) is 5.94 Å². The molecule has 0 aliphatic carbocycles. The largest absolute Gasteiger partial charge is 0.460 e. The number of hydrogen-bond acceptors (Lipinski definition) is 6. The highest BCUT2D eigenvalue weighted by molar-refractivity contribution is 7.99. The van der Waals surface area contributed by atoms with E-state index in [1.54, 1.807) is 52.3 Å². The number of aromatic nitrogens is 2. The van der Waals surface area contributed by atoms with E-state index in [0.29, 0.717) is 11.5 Å². The zero-order valence-electron chi connectivity index (χ0n) is 14.8. The minimum absolute atomic E-state index is 0.276. The van der Waals surface area contributed by atoms with Crippen LogP contribution in [0, 0.1) is 0 Å². The van der Waals surface area contributed by atoms with Crippen LogP contribution in [0.3, 0.4) is 0 Å². The number of thioether (sulfide) groups is 1. The maximum absolute atomic E-state index is 12.4. The number of ether oxygens (including phenoxy) is 2. The van der Waals surface area contributed by atoms with Gasteiger partial charge < -0.3 is 9.47 Å². The van der Waals surface area contributed by atoms with Crippen LogP contribution in [0.2, 0.25) is 0 Å². The number of methoxy groups -OCH3 is 1. The molecule has 0 radical (unpaired) electrons. The van der Waals surface area contributed by atoms with Crippen LogP contribution in [0.4, 0.5) is 0 Å². The molecule has 134 valence electrons. The predicted molar refractivity (Wildman–Crippen MR) is 96.1 cm³/mol. The number of nitrogens with zero attached hydrogens (tertiary/aromatic N) is 2. The first-order valence-corrected chi connectivity index (χ1v) is 8.79. The second kappa shape index (κ2) is 8.31. The molecule has 0 N–H and O–H groups in total. The summed E-state index contributed by atoms with van der Waals surface area (Å²) < 4.78 is 12.1. The lowest BCUT2D eigenvalue weighted by Gasteiger charge is -2.19. The Bertz CT molecular complexity index is 750. The number of Topliss-reactive ketones (excluding diaryl/α,β-unsaturated/α-hetero) is 1. The molecule has 25 heavy (non-hydrogen) atoms. The second-order valence-electron chi connectivity index (χ2n) is 6.37. The molecule has 0 amide bonds. The van der Waals surface area contributed by atoms with Crippen LogP contribution in [-0.4, -0.2) is 40.0 Å². The Balaban J connectivity index is 2.15. The molecule has 0 bridgehead atoms. The van der Waals surface area contributed by atoms with E-state index in [0.717, 1.165) is 10.8 Å². The third-order valence-electron chi connectivity index (χ3n) is 3.08. The average molecular weight is 362 g/mol. The maximum Gasteiger partial charge on any atom is 0.314 e. The van der Waals surface area contributed by atoms with E-state index in [9.17, 15) is 9.59 Å². The van der Waals surface area contributed by atoms with Gasteiger partial charge in [-0.1, -0.05) is 23.9 Å². The van der Waals surface area contributed by atoms with Crippen molar-refractivity contribution in [2.24, 2.45) is 0 Å². The van der Waals surface area contributed by atoms with Gasteiger partial charge in [-0.15, -0.1) is 0 Å². The molecule has 0 aliphatic rings. The van der Waals surface area contributed by atoms with Crippen molar-refractivity contribution < 1.29 is 19.1 Å². The van der Waals surface area contributed by atoms with Gasteiger partial charge in [0, 0.05) is 30.8 Å². The molecule has 0 aliphatic heterocycles. The third kappa shape index (κ3) is 5.72. The average Bonchev–Trinajstić information content (AvgIpc) is 2.99. The molecule has 2 rings (SSSR count). The molecular weight excluding hydrogens is 340 g/mol. The molecule has 0 spiro atoms. The Labute approximate surface area is 151 Å². The van der Waals surface area contributed by atoms with Crippen molar-refractivity contribution in [2.45, 2.75) is 37.9 Å². The van der Waals surface area contributed by atoms with Crippen molar-refractivity contribution in [2.75, 3.05) is 13.0 Å². The fourth-order valence-electron chi connectivity index (χ4n) is 2.14. The molecular formula is C18H22N2O4S. The molecule has 0 fully saturated rings. The molecule has 0 saturated heterocycles. The van der Waals surface area contributed by atoms with E-state index in [1.165, 1.54) is 11.8 Å². The van der Waals surface area contributed by atoms with Gasteiger partial charge in [0.2, 0.25) is 0 Å². The van der Waals surface area contributed by atoms with Crippen LogP contribution in [0.15, 0.2) is 41.8 Å². The number of carbonyl (C=O) groups excluding carboxylic acids is 2. The molecule has 0 saturated carbocycles. The highest BCUT2D eigenvalue weighted by Crippen LogP contribution is 2.21. The summed E-state index contributed by atoms with van der Waals surface area (Å²) >= 11 is 1.45. The summed E-state index contributed by atoms with van der Waals surface area (Å²) in [7, 11) is 1.62. The smallest absolute Gasteiger partial charge is 0.314 e. The fraction of sp³-hybridized carbons (Fsp3) is 0.389. The number of ketones is 1. The lowest BCUT2D eigenvalue weighted by molar-refractivity contribution is -0.153. The monoisotopic (exact) mass is 362 g/mol. The van der Waals surface area contributed by atoms with Crippen molar-refractivity contribution in [1.29, 1.82) is 0 Å². The first-order chi connectivity index (χ1) is 11.8. The molecule has 2 aromatic rings. The van der Waals surface area contributed by atoms with E-state index in [-0.39, 0.29) is 12.2 Å². The van der Waals surface area contributed by atoms with Crippen molar-refractivity contribution in [1.82, 2.24) is 9.55 Å². The Hall–Kier alpha value is -2.12. The molecule has 1 aromatic heterocycles. The zero-order valence-corrected chi connectivity index (χ0v) is 15.6. The summed E-state index contributed by atoms with van der Waals surface area (Å²) in [6.45, 7) is 5.32. The Kier molecular flexibility index (Phi) is 6.39. The molecule has 1 aromatic carbocycles. The van der Waals surface area contributed by atoms with Crippen LogP contribution in [0.1, 0.15) is 37.6 Å². The molecule has 0 unspecified atom stereocenters. The van der Waals surface area contributed by atoms with E-state index >= 15 is 0 Å². The van der Waals surface area contributed by atoms with Gasteiger partial charge in [-0.25, -0.2) is 4.98 Å². The van der Waals surface area contributed by atoms with Crippen LogP contribution in [-0.2, 0) is 14.3 Å². The Morgan fingerprint density at radius 3 is 2.72 bits per heavy atom. The van der Waals surface area contributed by atoms with E-state index in [1.807, 2.05) is 16.8 Å². The molecule has 0 atom stereocenters. The van der Waals surface area contributed by atoms with E-state index in [4.69, 9.17) is 9.47 Å². The summed E-state index contributed by atoms with van der Waals surface area (Å²) in [4.78, 5) is 28.5. The fourth-order valence-corrected chi connectivity index (χ4v) is 2.81. The molecule has 7 heteroatoms. The number of carbonyl (C=O) groups is 2. The Morgan fingerprint density at radius 2 is 2.04 bits per heavy atom. The van der Waals surface area contributed by atoms with Gasteiger partial charge >= 0.3 is 5.97 Å². The van der Waals surface area contributed by atoms with Gasteiger partial charge in [0.1, 0.15) is 12.0 Å². The van der Waals surface area contributed by atoms with E-state index < -0.39 is 11.6 Å². The minimum Gasteiger partial charge on any atom is -0.460 e. The highest BCUT2D eigenvalue weighted by atomic mass is 32.2. The second-order valence-corrected chi connectivity index (χ2v) is 7.26. The van der Waals surface area contributed by atoms with Crippen molar-refractivity contribution >= 4 is 23.5 Å². The SMILES string of the molecule is COCSc1nccn1-c1cccc(C(=O)CC(=O)OC(C)(C)C)c1. The standard InChI is InChI=1S/C18H22N2O4S/c1-18(2,3)24-16(22)11-15(21)13-6-5-7-14(10-13)20-9-8-19-17(20)25-12-23-4/h5-10H,11-12H2,1-4H3. The summed E-state index contributed by atoms with van der Waals surface area (Å²) in [6.07, 6.45) is 3.22.